The van der Waals surface area contributed by atoms with Gasteiger partial charge < -0.3 is 19.9 Å². The number of carbonyl (C=O) groups is 2. The van der Waals surface area contributed by atoms with Gasteiger partial charge in [-0.25, -0.2) is 14.2 Å². The van der Waals surface area contributed by atoms with E-state index < -0.39 is 17.3 Å². The molecule has 174 valence electrons. The maximum atomic E-state index is 14.7. The maximum absolute atomic E-state index is 14.7. The van der Waals surface area contributed by atoms with Crippen LogP contribution in [0.1, 0.15) is 50.7 Å². The third kappa shape index (κ3) is 5.32. The molecule has 1 saturated heterocycles. The van der Waals surface area contributed by atoms with Crippen molar-refractivity contribution in [2.45, 2.75) is 46.1 Å². The second-order valence-corrected chi connectivity index (χ2v) is 9.59. The number of pyridine rings is 1. The van der Waals surface area contributed by atoms with Gasteiger partial charge in [-0.2, -0.15) is 0 Å². The first-order valence-corrected chi connectivity index (χ1v) is 11.3. The van der Waals surface area contributed by atoms with Crippen molar-refractivity contribution >= 4 is 23.3 Å². The monoisotopic (exact) mass is 451 g/mol. The Kier molecular flexibility index (Phi) is 6.35. The number of urea groups is 1. The molecular formula is C25H30FN5O2. The SMILES string of the molecule is CC(C)(C)C(=O)N1CCC(c2ccc(NC(=O)NCc3ccn4ccnc4c3)c(F)c2)CC1. The van der Waals surface area contributed by atoms with Crippen LogP contribution in [-0.4, -0.2) is 39.3 Å². The number of likely N-dealkylation sites (tertiary alicyclic amines) is 1. The number of carbonyl (C=O) groups excluding carboxylic acids is 2. The number of amides is 3. The van der Waals surface area contributed by atoms with Crippen LogP contribution in [-0.2, 0) is 11.3 Å². The number of hydrogen-bond acceptors (Lipinski definition) is 3. The number of nitrogens with one attached hydrogen (secondary N) is 2. The molecule has 33 heavy (non-hydrogen) atoms. The van der Waals surface area contributed by atoms with E-state index in [1.807, 2.05) is 60.7 Å². The number of fused-ring (bicyclic) bond motifs is 1. The van der Waals surface area contributed by atoms with Crippen LogP contribution in [0.15, 0.2) is 48.9 Å². The molecule has 2 aromatic heterocycles. The predicted octanol–water partition coefficient (Wildman–Crippen LogP) is 4.55. The van der Waals surface area contributed by atoms with Gasteiger partial charge in [-0.3, -0.25) is 4.79 Å². The summed E-state index contributed by atoms with van der Waals surface area (Å²) in [7, 11) is 0. The Labute approximate surface area is 193 Å². The molecule has 3 heterocycles. The third-order valence-electron chi connectivity index (χ3n) is 6.05. The number of aromatic nitrogens is 2. The number of anilines is 1. The minimum atomic E-state index is -0.473. The van der Waals surface area contributed by atoms with Crippen molar-refractivity contribution in [2.24, 2.45) is 5.41 Å². The molecule has 3 amide bonds. The van der Waals surface area contributed by atoms with Gasteiger partial charge in [0.25, 0.3) is 0 Å². The molecule has 0 aliphatic carbocycles. The fraction of sp³-hybridized carbons (Fsp3) is 0.400. The molecule has 1 aromatic carbocycles. The first-order chi connectivity index (χ1) is 15.7. The topological polar surface area (TPSA) is 78.7 Å². The number of rotatable bonds is 4. The number of piperidine rings is 1. The van der Waals surface area contributed by atoms with E-state index in [0.717, 1.165) is 29.6 Å². The molecule has 2 N–H and O–H groups in total. The third-order valence-corrected chi connectivity index (χ3v) is 6.05. The second-order valence-electron chi connectivity index (χ2n) is 9.59. The Morgan fingerprint density at radius 1 is 1.12 bits per heavy atom. The van der Waals surface area contributed by atoms with Crippen molar-refractivity contribution in [1.82, 2.24) is 19.6 Å². The van der Waals surface area contributed by atoms with E-state index in [-0.39, 0.29) is 17.5 Å². The molecule has 3 aromatic rings. The molecule has 0 saturated carbocycles. The summed E-state index contributed by atoms with van der Waals surface area (Å²) in [6.07, 6.45) is 7.03. The summed E-state index contributed by atoms with van der Waals surface area (Å²) in [6.45, 7) is 7.44. The van der Waals surface area contributed by atoms with Crippen LogP contribution in [0.3, 0.4) is 0 Å². The van der Waals surface area contributed by atoms with Gasteiger partial charge in [-0.15, -0.1) is 0 Å². The highest BCUT2D eigenvalue weighted by atomic mass is 19.1. The van der Waals surface area contributed by atoms with Gasteiger partial charge in [0.2, 0.25) is 5.91 Å². The van der Waals surface area contributed by atoms with E-state index in [2.05, 4.69) is 15.6 Å². The molecule has 1 fully saturated rings. The average molecular weight is 452 g/mol. The van der Waals surface area contributed by atoms with Crippen LogP contribution in [0, 0.1) is 11.2 Å². The molecular weight excluding hydrogens is 421 g/mol. The first kappa shape index (κ1) is 22.8. The van der Waals surface area contributed by atoms with Crippen LogP contribution in [0.2, 0.25) is 0 Å². The van der Waals surface area contributed by atoms with E-state index in [0.29, 0.717) is 19.6 Å². The largest absolute Gasteiger partial charge is 0.342 e. The van der Waals surface area contributed by atoms with E-state index in [9.17, 15) is 14.0 Å². The Balaban J connectivity index is 1.31. The van der Waals surface area contributed by atoms with Crippen LogP contribution >= 0.6 is 0 Å². The Hall–Kier alpha value is -3.42. The summed E-state index contributed by atoms with van der Waals surface area (Å²) in [5.74, 6) is -0.110. The summed E-state index contributed by atoms with van der Waals surface area (Å²) in [5.41, 5.74) is 2.34. The quantitative estimate of drug-likeness (QED) is 0.611. The van der Waals surface area contributed by atoms with Gasteiger partial charge >= 0.3 is 6.03 Å². The summed E-state index contributed by atoms with van der Waals surface area (Å²) < 4.78 is 16.6. The van der Waals surface area contributed by atoms with Crippen molar-refractivity contribution in [2.75, 3.05) is 18.4 Å². The lowest BCUT2D eigenvalue weighted by Gasteiger charge is -2.36. The van der Waals surface area contributed by atoms with Crippen molar-refractivity contribution in [1.29, 1.82) is 0 Å². The van der Waals surface area contributed by atoms with E-state index in [4.69, 9.17) is 0 Å². The van der Waals surface area contributed by atoms with Crippen molar-refractivity contribution in [3.63, 3.8) is 0 Å². The molecule has 7 nitrogen and oxygen atoms in total. The fourth-order valence-electron chi connectivity index (χ4n) is 4.19. The van der Waals surface area contributed by atoms with Crippen molar-refractivity contribution < 1.29 is 14.0 Å². The second kappa shape index (κ2) is 9.21. The predicted molar refractivity (Wildman–Crippen MR) is 125 cm³/mol. The standard InChI is InChI=1S/C25H30FN5O2/c1-25(2,3)23(32)31-11-7-18(8-12-31)19-4-5-21(20(26)15-19)29-24(33)28-16-17-6-10-30-13-9-27-22(30)14-17/h4-6,9-10,13-15,18H,7-8,11-12,16H2,1-3H3,(H2,28,29,33). The molecule has 1 aliphatic rings. The minimum absolute atomic E-state index is 0.139. The Morgan fingerprint density at radius 3 is 2.58 bits per heavy atom. The van der Waals surface area contributed by atoms with Gasteiger partial charge in [0, 0.05) is 43.6 Å². The molecule has 4 rings (SSSR count). The van der Waals surface area contributed by atoms with Crippen LogP contribution in [0.4, 0.5) is 14.9 Å². The smallest absolute Gasteiger partial charge is 0.319 e. The number of imidazole rings is 1. The van der Waals surface area contributed by atoms with Crippen LogP contribution < -0.4 is 10.6 Å². The Bertz CT molecular complexity index is 1160. The van der Waals surface area contributed by atoms with Crippen LogP contribution in [0.5, 0.6) is 0 Å². The molecule has 0 radical (unpaired) electrons. The average Bonchev–Trinajstić information content (AvgIpc) is 3.26. The van der Waals surface area contributed by atoms with Gasteiger partial charge in [0.05, 0.1) is 5.69 Å². The van der Waals surface area contributed by atoms with Gasteiger partial charge in [-0.1, -0.05) is 26.8 Å². The zero-order valence-electron chi connectivity index (χ0n) is 19.3. The number of nitrogens with zero attached hydrogens (tertiary/aromatic N) is 3. The maximum Gasteiger partial charge on any atom is 0.319 e. The summed E-state index contributed by atoms with van der Waals surface area (Å²) in [4.78, 5) is 30.9. The highest BCUT2D eigenvalue weighted by Crippen LogP contribution is 2.31. The van der Waals surface area contributed by atoms with Crippen molar-refractivity contribution in [3.8, 4) is 0 Å². The zero-order valence-corrected chi connectivity index (χ0v) is 19.3. The van der Waals surface area contributed by atoms with Crippen LogP contribution in [0.25, 0.3) is 5.65 Å². The first-order valence-electron chi connectivity index (χ1n) is 11.3. The molecule has 1 aliphatic heterocycles. The molecule has 0 unspecified atom stereocenters. The molecule has 0 bridgehead atoms. The molecule has 8 heteroatoms. The van der Waals surface area contributed by atoms with Gasteiger partial charge in [0.1, 0.15) is 11.5 Å². The Morgan fingerprint density at radius 2 is 1.88 bits per heavy atom. The lowest BCUT2D eigenvalue weighted by atomic mass is 9.87. The minimum Gasteiger partial charge on any atom is -0.342 e. The number of benzene rings is 1. The van der Waals surface area contributed by atoms with E-state index in [1.54, 1.807) is 12.3 Å². The highest BCUT2D eigenvalue weighted by Gasteiger charge is 2.30. The van der Waals surface area contributed by atoms with Crippen molar-refractivity contribution in [3.05, 3.63) is 65.9 Å². The zero-order chi connectivity index (χ0) is 23.6. The van der Waals surface area contributed by atoms with E-state index in [1.165, 1.54) is 6.07 Å². The lowest BCUT2D eigenvalue weighted by Crippen LogP contribution is -2.43. The number of halogens is 1. The normalized spacial score (nSPS) is 15.0. The van der Waals surface area contributed by atoms with Gasteiger partial charge in [-0.05, 0) is 54.2 Å². The van der Waals surface area contributed by atoms with E-state index >= 15 is 0 Å². The van der Waals surface area contributed by atoms with Gasteiger partial charge in [0.15, 0.2) is 0 Å². The number of hydrogen-bond donors (Lipinski definition) is 2. The molecule has 0 atom stereocenters. The summed E-state index contributed by atoms with van der Waals surface area (Å²) >= 11 is 0. The summed E-state index contributed by atoms with van der Waals surface area (Å²) in [5, 5.41) is 5.33. The lowest BCUT2D eigenvalue weighted by molar-refractivity contribution is -0.140. The summed E-state index contributed by atoms with van der Waals surface area (Å²) in [6, 6.07) is 8.26. The fourth-order valence-corrected chi connectivity index (χ4v) is 4.19. The highest BCUT2D eigenvalue weighted by molar-refractivity contribution is 5.89. The molecule has 0 spiro atoms.